The van der Waals surface area contributed by atoms with Crippen molar-refractivity contribution < 1.29 is 0 Å². The molecule has 290 valence electrons. The summed E-state index contributed by atoms with van der Waals surface area (Å²) in [5.41, 5.74) is 12.6. The molecule has 0 amide bonds. The van der Waals surface area contributed by atoms with Gasteiger partial charge in [-0.25, -0.2) is 0 Å². The van der Waals surface area contributed by atoms with Crippen molar-refractivity contribution in [1.82, 2.24) is 5.32 Å². The van der Waals surface area contributed by atoms with Gasteiger partial charge in [-0.2, -0.15) is 0 Å². The molecule has 0 radical (unpaired) electrons. The summed E-state index contributed by atoms with van der Waals surface area (Å²) in [6, 6.07) is 0.432. The summed E-state index contributed by atoms with van der Waals surface area (Å²) in [4.78, 5) is 0. The molecular formula is C54H69N. The van der Waals surface area contributed by atoms with Crippen LogP contribution in [0.15, 0.2) is 154 Å². The molecule has 0 aromatic heterocycles. The smallest absolute Gasteiger partial charge is 0.0256 e. The van der Waals surface area contributed by atoms with Gasteiger partial charge in [-0.3, -0.25) is 0 Å². The van der Waals surface area contributed by atoms with E-state index in [1.165, 1.54) is 99.3 Å². The second kappa shape index (κ2) is 18.2. The van der Waals surface area contributed by atoms with Gasteiger partial charge < -0.3 is 5.32 Å². The van der Waals surface area contributed by atoms with Crippen LogP contribution in [-0.2, 0) is 0 Å². The van der Waals surface area contributed by atoms with Crippen LogP contribution in [0, 0.1) is 47.3 Å². The van der Waals surface area contributed by atoms with Crippen molar-refractivity contribution >= 4 is 0 Å². The Hall–Kier alpha value is -3.42. The molecule has 7 unspecified atom stereocenters. The van der Waals surface area contributed by atoms with E-state index < -0.39 is 0 Å². The molecule has 8 aliphatic rings. The minimum Gasteiger partial charge on any atom is -0.310 e. The van der Waals surface area contributed by atoms with Gasteiger partial charge in [0.2, 0.25) is 0 Å². The number of rotatable bonds is 9. The summed E-state index contributed by atoms with van der Waals surface area (Å²) >= 11 is 0. The van der Waals surface area contributed by atoms with Crippen LogP contribution in [0.25, 0.3) is 0 Å². The number of nitrogens with one attached hydrogen (secondary N) is 1. The van der Waals surface area contributed by atoms with E-state index in [-0.39, 0.29) is 0 Å². The van der Waals surface area contributed by atoms with E-state index >= 15 is 0 Å². The highest BCUT2D eigenvalue weighted by Gasteiger charge is 2.34. The predicted molar refractivity (Wildman–Crippen MR) is 236 cm³/mol. The Balaban J connectivity index is 1.01. The molecule has 0 heterocycles. The maximum atomic E-state index is 4.17. The zero-order chi connectivity index (χ0) is 37.6. The van der Waals surface area contributed by atoms with Crippen LogP contribution in [0.2, 0.25) is 0 Å². The van der Waals surface area contributed by atoms with Gasteiger partial charge in [-0.1, -0.05) is 132 Å². The van der Waals surface area contributed by atoms with Crippen LogP contribution in [0.1, 0.15) is 117 Å². The van der Waals surface area contributed by atoms with E-state index in [0.29, 0.717) is 35.6 Å². The Labute approximate surface area is 335 Å². The van der Waals surface area contributed by atoms with Crippen LogP contribution in [0.4, 0.5) is 0 Å². The Bertz CT molecular complexity index is 1810. The number of allylic oxidation sites excluding steroid dienone is 24. The number of hydrogen-bond donors (Lipinski definition) is 1. The molecule has 8 aliphatic carbocycles. The first kappa shape index (κ1) is 38.5. The fraction of sp³-hybridized carbons (Fsp3) is 0.519. The minimum absolute atomic E-state index is 0.432. The molecule has 0 aromatic rings. The molecule has 0 aliphatic heterocycles. The van der Waals surface area contributed by atoms with E-state index in [2.05, 4.69) is 135 Å². The standard InChI is InChI=1S/C54H69N/c1-38-13-7-8-17-47(33-38)49-29-30-50(35-39(2)34-49)54(37-55-51-32-31-43-16-9-10-18-48(43)36-51)53-20-12-11-19-52(53)40(3)41-21-23-45(24-22-41)46-27-25-44(26-28-46)42-14-5-4-6-15-42/h5,9-11,13-14,16-19,25-27,29-32,34,41-43,45-46,48,51,53-55H,4,6-8,12,15,20-24,28,33,35-37H2,1-3H3/b52-40+. The van der Waals surface area contributed by atoms with Gasteiger partial charge in [0, 0.05) is 24.4 Å². The zero-order valence-electron chi connectivity index (χ0n) is 34.4. The SMILES string of the molecule is CC1=CCCC=C(C2=CC=C(C(CNC3C=CC4C=CC=CC4C3)C3CCC=C/C3=C(/C)C3CCC(C4C=CC(C5C=CCCC5)=CC4)CC3)CC(C)=C2)C1. The lowest BCUT2D eigenvalue weighted by Crippen LogP contribution is -2.39. The van der Waals surface area contributed by atoms with Crippen LogP contribution in [0.3, 0.4) is 0 Å². The monoisotopic (exact) mass is 732 g/mol. The largest absolute Gasteiger partial charge is 0.310 e. The maximum absolute atomic E-state index is 4.17. The molecule has 55 heavy (non-hydrogen) atoms. The highest BCUT2D eigenvalue weighted by atomic mass is 14.9. The van der Waals surface area contributed by atoms with Gasteiger partial charge in [-0.05, 0) is 175 Å². The van der Waals surface area contributed by atoms with Gasteiger partial charge in [0.15, 0.2) is 0 Å². The number of fused-ring (bicyclic) bond motifs is 1. The lowest BCUT2D eigenvalue weighted by molar-refractivity contribution is 0.245. The van der Waals surface area contributed by atoms with Crippen LogP contribution >= 0.6 is 0 Å². The Kier molecular flexibility index (Phi) is 12.7. The Morgan fingerprint density at radius 3 is 2.45 bits per heavy atom. The lowest BCUT2D eigenvalue weighted by atomic mass is 9.68. The fourth-order valence-electron chi connectivity index (χ4n) is 11.5. The Morgan fingerprint density at radius 1 is 0.745 bits per heavy atom. The second-order valence-corrected chi connectivity index (χ2v) is 18.6. The first-order valence-electron chi connectivity index (χ1n) is 22.6. The van der Waals surface area contributed by atoms with E-state index in [1.54, 1.807) is 22.3 Å². The molecular weight excluding hydrogens is 663 g/mol. The highest BCUT2D eigenvalue weighted by molar-refractivity contribution is 5.49. The van der Waals surface area contributed by atoms with Crippen molar-refractivity contribution in [2.75, 3.05) is 6.54 Å². The summed E-state index contributed by atoms with van der Waals surface area (Å²) in [6.07, 6.45) is 63.2. The quantitative estimate of drug-likeness (QED) is 0.233. The third kappa shape index (κ3) is 9.42. The first-order chi connectivity index (χ1) is 27.0. The molecule has 1 saturated carbocycles. The third-order valence-electron chi connectivity index (χ3n) is 14.8. The van der Waals surface area contributed by atoms with E-state index in [1.807, 2.05) is 0 Å². The van der Waals surface area contributed by atoms with Gasteiger partial charge >= 0.3 is 0 Å². The third-order valence-corrected chi connectivity index (χ3v) is 14.8. The fourth-order valence-corrected chi connectivity index (χ4v) is 11.5. The minimum atomic E-state index is 0.432. The van der Waals surface area contributed by atoms with E-state index in [4.69, 9.17) is 0 Å². The van der Waals surface area contributed by atoms with Gasteiger partial charge in [0.1, 0.15) is 0 Å². The lowest BCUT2D eigenvalue weighted by Gasteiger charge is -2.38. The first-order valence-corrected chi connectivity index (χ1v) is 22.6. The van der Waals surface area contributed by atoms with Crippen molar-refractivity contribution in [3.63, 3.8) is 0 Å². The van der Waals surface area contributed by atoms with Crippen LogP contribution < -0.4 is 5.32 Å². The summed E-state index contributed by atoms with van der Waals surface area (Å²) < 4.78 is 0. The molecule has 7 atom stereocenters. The number of hydrogen-bond acceptors (Lipinski definition) is 1. The van der Waals surface area contributed by atoms with Crippen molar-refractivity contribution in [3.8, 4) is 0 Å². The van der Waals surface area contributed by atoms with Gasteiger partial charge in [-0.15, -0.1) is 0 Å². The van der Waals surface area contributed by atoms with E-state index in [9.17, 15) is 0 Å². The molecule has 1 nitrogen and oxygen atoms in total. The molecule has 1 heteroatoms. The zero-order valence-corrected chi connectivity index (χ0v) is 34.4. The summed E-state index contributed by atoms with van der Waals surface area (Å²) in [7, 11) is 0. The van der Waals surface area contributed by atoms with Crippen molar-refractivity contribution in [2.45, 2.75) is 123 Å². The average Bonchev–Trinajstić information content (AvgIpc) is 3.58. The van der Waals surface area contributed by atoms with E-state index in [0.717, 1.165) is 43.6 Å². The van der Waals surface area contributed by atoms with Crippen molar-refractivity contribution in [1.29, 1.82) is 0 Å². The predicted octanol–water partition coefficient (Wildman–Crippen LogP) is 14.1. The topological polar surface area (TPSA) is 12.0 Å². The summed E-state index contributed by atoms with van der Waals surface area (Å²) in [5.74, 6) is 5.18. The summed E-state index contributed by atoms with van der Waals surface area (Å²) in [5, 5.41) is 4.17. The van der Waals surface area contributed by atoms with Crippen molar-refractivity contribution in [3.05, 3.63) is 154 Å². The van der Waals surface area contributed by atoms with Gasteiger partial charge in [0.05, 0.1) is 0 Å². The van der Waals surface area contributed by atoms with Crippen LogP contribution in [-0.4, -0.2) is 12.6 Å². The average molecular weight is 732 g/mol. The molecule has 0 saturated heterocycles. The van der Waals surface area contributed by atoms with Gasteiger partial charge in [0.25, 0.3) is 0 Å². The normalized spacial score (nSPS) is 35.0. The molecule has 8 rings (SSSR count). The molecule has 0 spiro atoms. The van der Waals surface area contributed by atoms with Crippen molar-refractivity contribution in [2.24, 2.45) is 47.3 Å². The summed E-state index contributed by atoms with van der Waals surface area (Å²) in [6.45, 7) is 8.27. The maximum Gasteiger partial charge on any atom is 0.0256 e. The Morgan fingerprint density at radius 2 is 1.62 bits per heavy atom. The molecule has 1 fully saturated rings. The molecule has 1 N–H and O–H groups in total. The molecule has 0 aromatic carbocycles. The van der Waals surface area contributed by atoms with Crippen LogP contribution in [0.5, 0.6) is 0 Å². The highest BCUT2D eigenvalue weighted by Crippen LogP contribution is 2.45. The second-order valence-electron chi connectivity index (χ2n) is 18.6. The molecule has 0 bridgehead atoms.